The Morgan fingerprint density at radius 1 is 1.12 bits per heavy atom. The van der Waals surface area contributed by atoms with Gasteiger partial charge in [0.1, 0.15) is 11.6 Å². The molecule has 1 saturated carbocycles. The number of nitrogens with zero attached hydrogens (tertiary/aromatic N) is 2. The first-order chi connectivity index (χ1) is 11.7. The summed E-state index contributed by atoms with van der Waals surface area (Å²) >= 11 is 0. The lowest BCUT2D eigenvalue weighted by molar-refractivity contribution is -0.134. The first-order valence-electron chi connectivity index (χ1n) is 8.50. The molecule has 1 aromatic heterocycles. The third-order valence-corrected chi connectivity index (χ3v) is 5.05. The maximum atomic E-state index is 13.7. The van der Waals surface area contributed by atoms with Gasteiger partial charge in [-0.2, -0.15) is 0 Å². The van der Waals surface area contributed by atoms with E-state index in [1.165, 1.54) is 6.07 Å². The Morgan fingerprint density at radius 3 is 2.62 bits per heavy atom. The zero-order chi connectivity index (χ0) is 16.5. The van der Waals surface area contributed by atoms with Crippen LogP contribution < -0.4 is 0 Å². The second kappa shape index (κ2) is 6.40. The van der Waals surface area contributed by atoms with Crippen LogP contribution >= 0.6 is 0 Å². The quantitative estimate of drug-likeness (QED) is 0.866. The molecule has 1 amide bonds. The van der Waals surface area contributed by atoms with Crippen LogP contribution in [0.4, 0.5) is 4.39 Å². The number of furan rings is 1. The average Bonchev–Trinajstić information content (AvgIpc) is 3.22. The highest BCUT2D eigenvalue weighted by Gasteiger charge is 2.47. The summed E-state index contributed by atoms with van der Waals surface area (Å²) < 4.78 is 19.1. The first kappa shape index (κ1) is 15.4. The molecule has 126 valence electrons. The van der Waals surface area contributed by atoms with Gasteiger partial charge in [-0.25, -0.2) is 4.39 Å². The molecule has 0 N–H and O–H groups in total. The van der Waals surface area contributed by atoms with E-state index in [0.717, 1.165) is 30.8 Å². The van der Waals surface area contributed by atoms with Crippen molar-refractivity contribution in [2.75, 3.05) is 26.2 Å². The number of piperazine rings is 1. The second-order valence-corrected chi connectivity index (χ2v) is 6.66. The first-order valence-corrected chi connectivity index (χ1v) is 8.50. The summed E-state index contributed by atoms with van der Waals surface area (Å²) in [6, 6.07) is 10.7. The molecular weight excluding hydrogens is 307 g/mol. The molecular formula is C19H21FN2O2. The van der Waals surface area contributed by atoms with Crippen LogP contribution in [0.2, 0.25) is 0 Å². The summed E-state index contributed by atoms with van der Waals surface area (Å²) in [5.74, 6) is 1.34. The fourth-order valence-corrected chi connectivity index (χ4v) is 3.51. The molecule has 1 aliphatic heterocycles. The Kier molecular flexibility index (Phi) is 4.10. The Bertz CT molecular complexity index is 708. The van der Waals surface area contributed by atoms with Gasteiger partial charge >= 0.3 is 0 Å². The zero-order valence-corrected chi connectivity index (χ0v) is 13.5. The third kappa shape index (κ3) is 3.08. The van der Waals surface area contributed by atoms with Gasteiger partial charge in [-0.1, -0.05) is 18.2 Å². The van der Waals surface area contributed by atoms with Crippen molar-refractivity contribution >= 4 is 5.91 Å². The van der Waals surface area contributed by atoms with Crippen LogP contribution in [-0.4, -0.2) is 41.9 Å². The van der Waals surface area contributed by atoms with Crippen LogP contribution in [0.25, 0.3) is 0 Å². The summed E-state index contributed by atoms with van der Waals surface area (Å²) in [5, 5.41) is 0. The minimum Gasteiger partial charge on any atom is -0.469 e. The summed E-state index contributed by atoms with van der Waals surface area (Å²) in [7, 11) is 0. The third-order valence-electron chi connectivity index (χ3n) is 5.05. The van der Waals surface area contributed by atoms with Gasteiger partial charge in [-0.05, 0) is 24.6 Å². The van der Waals surface area contributed by atoms with Gasteiger partial charge in [0.2, 0.25) is 5.91 Å². The topological polar surface area (TPSA) is 36.7 Å². The smallest absolute Gasteiger partial charge is 0.226 e. The van der Waals surface area contributed by atoms with E-state index in [2.05, 4.69) is 4.90 Å². The van der Waals surface area contributed by atoms with Crippen LogP contribution in [0.1, 0.15) is 23.7 Å². The van der Waals surface area contributed by atoms with Crippen molar-refractivity contribution in [1.29, 1.82) is 0 Å². The standard InChI is InChI=1S/C19H21FN2O2/c20-17-5-2-1-4-14(17)13-21-7-9-22(10-8-21)19(23)16-12-15(16)18-6-3-11-24-18/h1-6,11,15-16H,7-10,12-13H2/t15-,16-/m0/s1. The van der Waals surface area contributed by atoms with E-state index in [-0.39, 0.29) is 23.6 Å². The molecule has 1 aromatic carbocycles. The van der Waals surface area contributed by atoms with Crippen molar-refractivity contribution in [1.82, 2.24) is 9.80 Å². The molecule has 0 spiro atoms. The predicted octanol–water partition coefficient (Wildman–Crippen LogP) is 2.87. The molecule has 0 unspecified atom stereocenters. The van der Waals surface area contributed by atoms with E-state index < -0.39 is 0 Å². The lowest BCUT2D eigenvalue weighted by Gasteiger charge is -2.35. The Hall–Kier alpha value is -2.14. The highest BCUT2D eigenvalue weighted by Crippen LogP contribution is 2.48. The van der Waals surface area contributed by atoms with Crippen molar-refractivity contribution < 1.29 is 13.6 Å². The van der Waals surface area contributed by atoms with Crippen LogP contribution in [0.3, 0.4) is 0 Å². The molecule has 0 radical (unpaired) electrons. The molecule has 0 bridgehead atoms. The molecule has 4 rings (SSSR count). The molecule has 24 heavy (non-hydrogen) atoms. The van der Waals surface area contributed by atoms with Gasteiger partial charge in [-0.15, -0.1) is 0 Å². The van der Waals surface area contributed by atoms with E-state index in [0.29, 0.717) is 19.6 Å². The Balaban J connectivity index is 1.29. The van der Waals surface area contributed by atoms with E-state index in [9.17, 15) is 9.18 Å². The lowest BCUT2D eigenvalue weighted by Crippen LogP contribution is -2.48. The van der Waals surface area contributed by atoms with E-state index >= 15 is 0 Å². The second-order valence-electron chi connectivity index (χ2n) is 6.66. The van der Waals surface area contributed by atoms with Gasteiger partial charge < -0.3 is 9.32 Å². The molecule has 1 saturated heterocycles. The minimum absolute atomic E-state index is 0.0780. The summed E-state index contributed by atoms with van der Waals surface area (Å²) in [4.78, 5) is 16.7. The fraction of sp³-hybridized carbons (Fsp3) is 0.421. The number of carbonyl (C=O) groups is 1. The van der Waals surface area contributed by atoms with Crippen molar-refractivity contribution in [2.24, 2.45) is 5.92 Å². The number of hydrogen-bond donors (Lipinski definition) is 0. The number of amides is 1. The van der Waals surface area contributed by atoms with Crippen LogP contribution in [0.15, 0.2) is 47.1 Å². The van der Waals surface area contributed by atoms with Crippen molar-refractivity contribution in [3.63, 3.8) is 0 Å². The molecule has 2 aromatic rings. The van der Waals surface area contributed by atoms with Gasteiger partial charge in [0.25, 0.3) is 0 Å². The van der Waals surface area contributed by atoms with E-state index in [1.807, 2.05) is 29.2 Å². The van der Waals surface area contributed by atoms with Crippen molar-refractivity contribution in [2.45, 2.75) is 18.9 Å². The molecule has 2 heterocycles. The average molecular weight is 328 g/mol. The van der Waals surface area contributed by atoms with Crippen molar-refractivity contribution in [3.05, 3.63) is 59.8 Å². The number of halogens is 1. The SMILES string of the molecule is O=C([C@H]1C[C@@H]1c1ccco1)N1CCN(Cc2ccccc2F)CC1. The normalized spacial score (nSPS) is 24.1. The van der Waals surface area contributed by atoms with Crippen LogP contribution in [0.5, 0.6) is 0 Å². The Morgan fingerprint density at radius 2 is 1.92 bits per heavy atom. The highest BCUT2D eigenvalue weighted by atomic mass is 19.1. The monoisotopic (exact) mass is 328 g/mol. The molecule has 2 fully saturated rings. The number of carbonyl (C=O) groups excluding carboxylic acids is 1. The Labute approximate surface area is 140 Å². The molecule has 4 nitrogen and oxygen atoms in total. The predicted molar refractivity (Wildman–Crippen MR) is 87.8 cm³/mol. The highest BCUT2D eigenvalue weighted by molar-refractivity contribution is 5.83. The summed E-state index contributed by atoms with van der Waals surface area (Å²) in [6.45, 7) is 3.62. The minimum atomic E-state index is -0.157. The lowest BCUT2D eigenvalue weighted by atomic mass is 10.1. The number of benzene rings is 1. The molecule has 1 aliphatic carbocycles. The zero-order valence-electron chi connectivity index (χ0n) is 13.5. The summed E-state index contributed by atoms with van der Waals surface area (Å²) in [5.41, 5.74) is 0.720. The van der Waals surface area contributed by atoms with Crippen LogP contribution in [-0.2, 0) is 11.3 Å². The maximum absolute atomic E-state index is 13.7. The van der Waals surface area contributed by atoms with Gasteiger partial charge in [0, 0.05) is 50.1 Å². The fourth-order valence-electron chi connectivity index (χ4n) is 3.51. The largest absolute Gasteiger partial charge is 0.469 e. The summed E-state index contributed by atoms with van der Waals surface area (Å²) in [6.07, 6.45) is 2.55. The van der Waals surface area contributed by atoms with E-state index in [4.69, 9.17) is 4.42 Å². The molecule has 2 atom stereocenters. The molecule has 2 aliphatic rings. The molecule has 5 heteroatoms. The van der Waals surface area contributed by atoms with E-state index in [1.54, 1.807) is 12.3 Å². The maximum Gasteiger partial charge on any atom is 0.226 e. The number of hydrogen-bond acceptors (Lipinski definition) is 3. The van der Waals surface area contributed by atoms with Gasteiger partial charge in [-0.3, -0.25) is 9.69 Å². The van der Waals surface area contributed by atoms with Crippen molar-refractivity contribution in [3.8, 4) is 0 Å². The van der Waals surface area contributed by atoms with Crippen LogP contribution in [0, 0.1) is 11.7 Å². The number of rotatable bonds is 4. The van der Waals surface area contributed by atoms with Gasteiger partial charge in [0.05, 0.1) is 6.26 Å². The van der Waals surface area contributed by atoms with Gasteiger partial charge in [0.15, 0.2) is 0 Å².